The van der Waals surface area contributed by atoms with E-state index in [2.05, 4.69) is 6.07 Å². The van der Waals surface area contributed by atoms with E-state index in [0.29, 0.717) is 34.0 Å². The molecule has 0 N–H and O–H groups in total. The van der Waals surface area contributed by atoms with Crippen molar-refractivity contribution < 1.29 is 14.0 Å². The Kier molecular flexibility index (Phi) is 5.80. The molecule has 1 saturated heterocycles. The van der Waals surface area contributed by atoms with E-state index in [9.17, 15) is 14.9 Å². The summed E-state index contributed by atoms with van der Waals surface area (Å²) in [5.74, 6) is -0.333. The quantitative estimate of drug-likeness (QED) is 0.219. The van der Waals surface area contributed by atoms with Crippen molar-refractivity contribution in [2.24, 2.45) is 0 Å². The third-order valence-electron chi connectivity index (χ3n) is 5.50. The van der Waals surface area contributed by atoms with Gasteiger partial charge in [0.25, 0.3) is 11.8 Å². The summed E-state index contributed by atoms with van der Waals surface area (Å²) < 4.78 is 5.92. The van der Waals surface area contributed by atoms with Crippen molar-refractivity contribution in [3.05, 3.63) is 114 Å². The molecule has 0 unspecified atom stereocenters. The van der Waals surface area contributed by atoms with Crippen LogP contribution in [0.3, 0.4) is 0 Å². The number of thiocarbonyl (C=S) groups is 1. The number of benzene rings is 3. The average Bonchev–Trinajstić information content (AvgIpc) is 3.36. The molecule has 0 aliphatic carbocycles. The van der Waals surface area contributed by atoms with Gasteiger partial charge in [-0.1, -0.05) is 48.5 Å². The van der Waals surface area contributed by atoms with Crippen LogP contribution < -0.4 is 9.80 Å². The molecule has 0 bridgehead atoms. The number of hydrogen-bond donors (Lipinski definition) is 0. The third-order valence-corrected chi connectivity index (χ3v) is 5.87. The van der Waals surface area contributed by atoms with Gasteiger partial charge < -0.3 is 4.42 Å². The van der Waals surface area contributed by atoms with Crippen LogP contribution in [0.1, 0.15) is 11.3 Å². The van der Waals surface area contributed by atoms with E-state index in [1.165, 1.54) is 15.9 Å². The molecule has 1 fully saturated rings. The summed E-state index contributed by atoms with van der Waals surface area (Å²) in [6, 6.07) is 30.4. The number of carbonyl (C=O) groups is 2. The molecule has 7 heteroatoms. The highest BCUT2D eigenvalue weighted by atomic mass is 32.1. The molecular formula is C28H17N3O3S. The SMILES string of the molecule is N#Cc1ccccc1-c1ccc(C=C2C(=O)N(c3ccccc3)C(=S)N(c3ccccc3)C2=O)o1. The standard InChI is InChI=1S/C28H17N3O3S/c29-18-19-9-7-8-14-23(19)25-16-15-22(34-25)17-24-26(32)30(20-10-3-1-4-11-20)28(35)31(27(24)33)21-12-5-2-6-13-21/h1-17H. The van der Waals surface area contributed by atoms with E-state index in [4.69, 9.17) is 16.6 Å². The van der Waals surface area contributed by atoms with Gasteiger partial charge in [-0.3, -0.25) is 19.4 Å². The zero-order valence-electron chi connectivity index (χ0n) is 18.3. The van der Waals surface area contributed by atoms with E-state index in [0.717, 1.165) is 0 Å². The molecule has 35 heavy (non-hydrogen) atoms. The van der Waals surface area contributed by atoms with Gasteiger partial charge in [0.2, 0.25) is 0 Å². The second-order valence-corrected chi connectivity index (χ2v) is 8.02. The summed E-state index contributed by atoms with van der Waals surface area (Å²) in [5.41, 5.74) is 2.08. The van der Waals surface area contributed by atoms with Crippen molar-refractivity contribution in [3.8, 4) is 17.4 Å². The predicted molar refractivity (Wildman–Crippen MR) is 137 cm³/mol. The highest BCUT2D eigenvalue weighted by Crippen LogP contribution is 2.31. The number of carbonyl (C=O) groups excluding carboxylic acids is 2. The molecule has 6 nitrogen and oxygen atoms in total. The first-order valence-electron chi connectivity index (χ1n) is 10.7. The lowest BCUT2D eigenvalue weighted by molar-refractivity contribution is -0.120. The van der Waals surface area contributed by atoms with E-state index in [1.54, 1.807) is 84.9 Å². The first-order chi connectivity index (χ1) is 17.1. The molecular weight excluding hydrogens is 458 g/mol. The average molecular weight is 476 g/mol. The van der Waals surface area contributed by atoms with E-state index < -0.39 is 11.8 Å². The molecule has 1 aliphatic heterocycles. The minimum absolute atomic E-state index is 0.0673. The fraction of sp³-hybridized carbons (Fsp3) is 0. The number of para-hydroxylation sites is 2. The molecule has 0 atom stereocenters. The fourth-order valence-corrected chi connectivity index (χ4v) is 4.23. The Morgan fingerprint density at radius 1 is 0.743 bits per heavy atom. The van der Waals surface area contributed by atoms with Crippen molar-refractivity contribution >= 4 is 46.6 Å². The summed E-state index contributed by atoms with van der Waals surface area (Å²) in [6.45, 7) is 0. The summed E-state index contributed by atoms with van der Waals surface area (Å²) in [7, 11) is 0. The zero-order chi connectivity index (χ0) is 24.4. The molecule has 2 heterocycles. The van der Waals surface area contributed by atoms with Gasteiger partial charge in [0.1, 0.15) is 17.1 Å². The van der Waals surface area contributed by atoms with Crippen LogP contribution in [0.2, 0.25) is 0 Å². The van der Waals surface area contributed by atoms with Crippen LogP contribution in [0.4, 0.5) is 11.4 Å². The molecule has 0 radical (unpaired) electrons. The van der Waals surface area contributed by atoms with Crippen LogP contribution in [-0.4, -0.2) is 16.9 Å². The third kappa shape index (κ3) is 4.03. The number of nitrogens with zero attached hydrogens (tertiary/aromatic N) is 3. The van der Waals surface area contributed by atoms with Crippen molar-refractivity contribution in [1.29, 1.82) is 5.26 Å². The monoisotopic (exact) mass is 475 g/mol. The maximum absolute atomic E-state index is 13.5. The van der Waals surface area contributed by atoms with E-state index >= 15 is 0 Å². The second kappa shape index (κ2) is 9.21. The number of amides is 2. The van der Waals surface area contributed by atoms with Crippen molar-refractivity contribution in [3.63, 3.8) is 0 Å². The maximum Gasteiger partial charge on any atom is 0.270 e. The van der Waals surface area contributed by atoms with Gasteiger partial charge in [-0.15, -0.1) is 0 Å². The van der Waals surface area contributed by atoms with Gasteiger partial charge in [0.15, 0.2) is 5.11 Å². The lowest BCUT2D eigenvalue weighted by Crippen LogP contribution is -2.56. The largest absolute Gasteiger partial charge is 0.457 e. The molecule has 5 rings (SSSR count). The second-order valence-electron chi connectivity index (χ2n) is 7.65. The Bertz CT molecular complexity index is 1450. The lowest BCUT2D eigenvalue weighted by Gasteiger charge is -2.36. The highest BCUT2D eigenvalue weighted by Gasteiger charge is 2.41. The maximum atomic E-state index is 13.5. The fourth-order valence-electron chi connectivity index (χ4n) is 3.85. The molecule has 0 spiro atoms. The zero-order valence-corrected chi connectivity index (χ0v) is 19.1. The minimum Gasteiger partial charge on any atom is -0.457 e. The first-order valence-corrected chi connectivity index (χ1v) is 11.1. The van der Waals surface area contributed by atoms with Crippen LogP contribution in [0.15, 0.2) is 107 Å². The molecule has 2 amide bonds. The summed E-state index contributed by atoms with van der Waals surface area (Å²) in [5, 5.41) is 9.47. The predicted octanol–water partition coefficient (Wildman–Crippen LogP) is 5.57. The minimum atomic E-state index is -0.547. The van der Waals surface area contributed by atoms with Crippen LogP contribution >= 0.6 is 12.2 Å². The van der Waals surface area contributed by atoms with Crippen LogP contribution in [0, 0.1) is 11.3 Å². The van der Waals surface area contributed by atoms with Gasteiger partial charge in [-0.05, 0) is 66.8 Å². The smallest absolute Gasteiger partial charge is 0.270 e. The van der Waals surface area contributed by atoms with Crippen molar-refractivity contribution in [1.82, 2.24) is 0 Å². The van der Waals surface area contributed by atoms with Gasteiger partial charge in [0.05, 0.1) is 23.0 Å². The van der Waals surface area contributed by atoms with Crippen LogP contribution in [0.25, 0.3) is 17.4 Å². The summed E-state index contributed by atoms with van der Waals surface area (Å²) >= 11 is 5.61. The number of hydrogen-bond acceptors (Lipinski definition) is 5. The van der Waals surface area contributed by atoms with Gasteiger partial charge in [-0.25, -0.2) is 0 Å². The van der Waals surface area contributed by atoms with Crippen LogP contribution in [-0.2, 0) is 9.59 Å². The summed E-state index contributed by atoms with van der Waals surface area (Å²) in [6.07, 6.45) is 1.41. The Morgan fingerprint density at radius 2 is 1.29 bits per heavy atom. The topological polar surface area (TPSA) is 77.5 Å². The number of rotatable bonds is 4. The van der Waals surface area contributed by atoms with E-state index in [1.807, 2.05) is 12.1 Å². The Morgan fingerprint density at radius 3 is 1.86 bits per heavy atom. The number of nitriles is 1. The Balaban J connectivity index is 1.60. The van der Waals surface area contributed by atoms with Crippen molar-refractivity contribution in [2.45, 2.75) is 0 Å². The Labute approximate surface area is 206 Å². The van der Waals surface area contributed by atoms with E-state index in [-0.39, 0.29) is 10.7 Å². The molecule has 4 aromatic rings. The molecule has 168 valence electrons. The van der Waals surface area contributed by atoms with Gasteiger partial charge in [0, 0.05) is 5.56 Å². The molecule has 3 aromatic carbocycles. The molecule has 1 aliphatic rings. The molecule has 0 saturated carbocycles. The Hall–Kier alpha value is -4.80. The highest BCUT2D eigenvalue weighted by molar-refractivity contribution is 7.81. The number of anilines is 2. The summed E-state index contributed by atoms with van der Waals surface area (Å²) in [4.78, 5) is 29.8. The first kappa shape index (κ1) is 22.0. The van der Waals surface area contributed by atoms with Gasteiger partial charge in [-0.2, -0.15) is 5.26 Å². The van der Waals surface area contributed by atoms with Crippen molar-refractivity contribution in [2.75, 3.05) is 9.80 Å². The molecule has 1 aromatic heterocycles. The number of furan rings is 1. The normalized spacial score (nSPS) is 13.7. The lowest BCUT2D eigenvalue weighted by atomic mass is 10.1. The van der Waals surface area contributed by atoms with Gasteiger partial charge >= 0.3 is 0 Å². The van der Waals surface area contributed by atoms with Crippen LogP contribution in [0.5, 0.6) is 0 Å².